The summed E-state index contributed by atoms with van der Waals surface area (Å²) in [6, 6.07) is 17.7. The Morgan fingerprint density at radius 3 is 2.34 bits per heavy atom. The van der Waals surface area contributed by atoms with E-state index in [1.54, 1.807) is 36.4 Å². The van der Waals surface area contributed by atoms with Crippen LogP contribution in [0.1, 0.15) is 51.5 Å². The highest BCUT2D eigenvalue weighted by atomic mass is 32.1. The third-order valence-corrected chi connectivity index (χ3v) is 7.66. The Kier molecular flexibility index (Phi) is 10.7. The number of hydrogen-bond donors (Lipinski definition) is 1. The minimum absolute atomic E-state index is 0.106. The highest BCUT2D eigenvalue weighted by Crippen LogP contribution is 2.20. The summed E-state index contributed by atoms with van der Waals surface area (Å²) in [4.78, 5) is 43.7. The Hall–Kier alpha value is -3.65. The van der Waals surface area contributed by atoms with Crippen LogP contribution in [0.4, 0.5) is 4.79 Å². The Labute approximate surface area is 248 Å². The molecule has 0 aliphatic rings. The maximum atomic E-state index is 13.7. The number of rotatable bonds is 11. The first-order chi connectivity index (χ1) is 19.2. The lowest BCUT2D eigenvalue weighted by atomic mass is 9.99. The van der Waals surface area contributed by atoms with Crippen LogP contribution in [0.2, 0.25) is 0 Å². The minimum atomic E-state index is -0.672. The van der Waals surface area contributed by atoms with E-state index in [0.29, 0.717) is 19.4 Å². The summed E-state index contributed by atoms with van der Waals surface area (Å²) in [5.41, 5.74) is -0.238. The number of alkyl carbamates (subject to hydrolysis) is 1. The molecule has 0 aliphatic carbocycles. The molecule has 0 spiro atoms. The number of amides is 3. The molecule has 41 heavy (non-hydrogen) atoms. The summed E-state index contributed by atoms with van der Waals surface area (Å²) in [6.07, 6.45) is 4.27. The van der Waals surface area contributed by atoms with E-state index in [1.807, 2.05) is 76.4 Å². The Balaban J connectivity index is 1.73. The van der Waals surface area contributed by atoms with E-state index in [2.05, 4.69) is 23.5 Å². The van der Waals surface area contributed by atoms with Crippen LogP contribution in [0.3, 0.4) is 0 Å². The Bertz CT molecular complexity index is 1360. The van der Waals surface area contributed by atoms with Gasteiger partial charge in [0.05, 0.1) is 0 Å². The summed E-state index contributed by atoms with van der Waals surface area (Å²) < 4.78 is 5.36. The number of carbonyl (C=O) groups is 3. The molecular formula is C33H43N3O4S. The van der Waals surface area contributed by atoms with Crippen molar-refractivity contribution < 1.29 is 19.1 Å². The SMILES string of the molecule is CN(CCc1cccs1)C(=O)C(Cc1ccc2ccccc2c1)N(C)C(=O)/C=C/CC(C)(C)NC(=O)OC(C)(C)C. The number of nitrogens with zero attached hydrogens (tertiary/aromatic N) is 2. The lowest BCUT2D eigenvalue weighted by Gasteiger charge is -2.31. The van der Waals surface area contributed by atoms with Gasteiger partial charge >= 0.3 is 6.09 Å². The molecule has 3 rings (SSSR count). The predicted molar refractivity (Wildman–Crippen MR) is 167 cm³/mol. The highest BCUT2D eigenvalue weighted by molar-refractivity contribution is 7.09. The predicted octanol–water partition coefficient (Wildman–Crippen LogP) is 6.22. The number of nitrogens with one attached hydrogen (secondary N) is 1. The number of fused-ring (bicyclic) bond motifs is 1. The van der Waals surface area contributed by atoms with Crippen molar-refractivity contribution in [3.8, 4) is 0 Å². The van der Waals surface area contributed by atoms with Gasteiger partial charge in [-0.05, 0) is 81.3 Å². The smallest absolute Gasteiger partial charge is 0.408 e. The number of thiophene rings is 1. The van der Waals surface area contributed by atoms with Crippen LogP contribution >= 0.6 is 11.3 Å². The summed E-state index contributed by atoms with van der Waals surface area (Å²) in [5.74, 6) is -0.380. The van der Waals surface area contributed by atoms with Crippen LogP contribution in [-0.4, -0.2) is 65.5 Å². The number of hydrogen-bond acceptors (Lipinski definition) is 5. The van der Waals surface area contributed by atoms with E-state index in [0.717, 1.165) is 22.8 Å². The Morgan fingerprint density at radius 2 is 1.68 bits per heavy atom. The molecule has 2 aromatic carbocycles. The summed E-state index contributed by atoms with van der Waals surface area (Å²) in [7, 11) is 3.47. The molecule has 8 heteroatoms. The van der Waals surface area contributed by atoms with Crippen molar-refractivity contribution in [2.75, 3.05) is 20.6 Å². The molecule has 1 unspecified atom stereocenters. The molecule has 0 bridgehead atoms. The van der Waals surface area contributed by atoms with Gasteiger partial charge < -0.3 is 19.9 Å². The molecule has 3 amide bonds. The molecule has 7 nitrogen and oxygen atoms in total. The summed E-state index contributed by atoms with van der Waals surface area (Å²) >= 11 is 1.67. The highest BCUT2D eigenvalue weighted by Gasteiger charge is 2.29. The van der Waals surface area contributed by atoms with Crippen molar-refractivity contribution in [2.45, 2.75) is 71.1 Å². The van der Waals surface area contributed by atoms with Gasteiger partial charge in [0.1, 0.15) is 11.6 Å². The van der Waals surface area contributed by atoms with Crippen molar-refractivity contribution in [1.29, 1.82) is 0 Å². The zero-order chi connectivity index (χ0) is 30.2. The van der Waals surface area contributed by atoms with Crippen molar-refractivity contribution in [2.24, 2.45) is 0 Å². The second-order valence-corrected chi connectivity index (χ2v) is 13.1. The minimum Gasteiger partial charge on any atom is -0.444 e. The monoisotopic (exact) mass is 577 g/mol. The molecule has 1 heterocycles. The topological polar surface area (TPSA) is 79.0 Å². The fourth-order valence-corrected chi connectivity index (χ4v) is 5.13. The molecular weight excluding hydrogens is 534 g/mol. The van der Waals surface area contributed by atoms with E-state index in [-0.39, 0.29) is 11.8 Å². The van der Waals surface area contributed by atoms with Gasteiger partial charge in [-0.25, -0.2) is 4.79 Å². The maximum absolute atomic E-state index is 13.7. The van der Waals surface area contributed by atoms with Crippen LogP contribution < -0.4 is 5.32 Å². The zero-order valence-electron chi connectivity index (χ0n) is 25.3. The fourth-order valence-electron chi connectivity index (χ4n) is 4.43. The van der Waals surface area contributed by atoms with Crippen molar-refractivity contribution in [3.05, 3.63) is 82.6 Å². The molecule has 0 saturated carbocycles. The molecule has 220 valence electrons. The normalized spacial score (nSPS) is 12.8. The zero-order valence-corrected chi connectivity index (χ0v) is 26.1. The molecule has 0 aliphatic heterocycles. The molecule has 0 radical (unpaired) electrons. The van der Waals surface area contributed by atoms with Crippen molar-refractivity contribution >= 4 is 40.0 Å². The van der Waals surface area contributed by atoms with Crippen LogP contribution in [-0.2, 0) is 27.2 Å². The van der Waals surface area contributed by atoms with Crippen LogP contribution in [0.5, 0.6) is 0 Å². The summed E-state index contributed by atoms with van der Waals surface area (Å²) in [6.45, 7) is 9.72. The lowest BCUT2D eigenvalue weighted by Crippen LogP contribution is -2.49. The molecule has 3 aromatic rings. The second kappa shape index (κ2) is 13.8. The van der Waals surface area contributed by atoms with Gasteiger partial charge in [-0.2, -0.15) is 0 Å². The van der Waals surface area contributed by atoms with Gasteiger partial charge in [-0.1, -0.05) is 54.6 Å². The number of benzene rings is 2. The van der Waals surface area contributed by atoms with E-state index >= 15 is 0 Å². The van der Waals surface area contributed by atoms with Gasteiger partial charge in [0, 0.05) is 37.5 Å². The second-order valence-electron chi connectivity index (χ2n) is 12.1. The summed E-state index contributed by atoms with van der Waals surface area (Å²) in [5, 5.41) is 7.10. The van der Waals surface area contributed by atoms with E-state index in [1.165, 1.54) is 15.9 Å². The average Bonchev–Trinajstić information content (AvgIpc) is 3.41. The van der Waals surface area contributed by atoms with E-state index < -0.39 is 23.3 Å². The molecule has 0 fully saturated rings. The quantitative estimate of drug-likeness (QED) is 0.275. The average molecular weight is 578 g/mol. The van der Waals surface area contributed by atoms with Crippen molar-refractivity contribution in [3.63, 3.8) is 0 Å². The van der Waals surface area contributed by atoms with Gasteiger partial charge in [0.15, 0.2) is 0 Å². The van der Waals surface area contributed by atoms with E-state index in [9.17, 15) is 14.4 Å². The van der Waals surface area contributed by atoms with Gasteiger partial charge in [-0.3, -0.25) is 9.59 Å². The molecule has 1 aromatic heterocycles. The van der Waals surface area contributed by atoms with Gasteiger partial charge in [0.25, 0.3) is 0 Å². The third kappa shape index (κ3) is 10.0. The first-order valence-corrected chi connectivity index (χ1v) is 14.8. The van der Waals surface area contributed by atoms with Crippen LogP contribution in [0.25, 0.3) is 10.8 Å². The largest absolute Gasteiger partial charge is 0.444 e. The molecule has 1 N–H and O–H groups in total. The molecule has 0 saturated heterocycles. The van der Waals surface area contributed by atoms with Crippen molar-refractivity contribution in [1.82, 2.24) is 15.1 Å². The standard InChI is InChI=1S/C33H43N3O4S/c1-32(2,3)40-31(39)34-33(4,5)19-10-15-29(37)36(7)28(30(38)35(6)20-18-27-14-11-21-41-27)23-24-16-17-25-12-8-9-13-26(25)22-24/h8-17,21-22,28H,18-20,23H2,1-7H3,(H,34,39)/b15-10+. The van der Waals surface area contributed by atoms with Crippen LogP contribution in [0, 0.1) is 0 Å². The third-order valence-electron chi connectivity index (χ3n) is 6.72. The van der Waals surface area contributed by atoms with Gasteiger partial charge in [0.2, 0.25) is 11.8 Å². The van der Waals surface area contributed by atoms with Gasteiger partial charge in [-0.15, -0.1) is 11.3 Å². The number of ether oxygens (including phenoxy) is 1. The Morgan fingerprint density at radius 1 is 0.976 bits per heavy atom. The lowest BCUT2D eigenvalue weighted by molar-refractivity contribution is -0.141. The van der Waals surface area contributed by atoms with Crippen LogP contribution in [0.15, 0.2) is 72.1 Å². The fraction of sp³-hybridized carbons (Fsp3) is 0.424. The molecule has 1 atom stereocenters. The van der Waals surface area contributed by atoms with E-state index in [4.69, 9.17) is 4.74 Å². The number of carbonyl (C=O) groups excluding carboxylic acids is 3. The maximum Gasteiger partial charge on any atom is 0.408 e. The first-order valence-electron chi connectivity index (χ1n) is 13.9. The first kappa shape index (κ1) is 31.9. The number of likely N-dealkylation sites (N-methyl/N-ethyl adjacent to an activating group) is 2.